The van der Waals surface area contributed by atoms with E-state index in [1.165, 1.54) is 13.3 Å². The van der Waals surface area contributed by atoms with Gasteiger partial charge in [-0.15, -0.1) is 0 Å². The number of nitrogens with zero attached hydrogens (tertiary/aromatic N) is 2. The first-order chi connectivity index (χ1) is 9.67. The van der Waals surface area contributed by atoms with Gasteiger partial charge in [0, 0.05) is 18.7 Å². The van der Waals surface area contributed by atoms with Gasteiger partial charge in [-0.2, -0.15) is 4.31 Å². The standard InChI is InChI=1S/C11H12F2N2O5S/c1-20-7-2-8(5-14-4-7)21(18,19)15-6-11(12,13)3-9(15)10(16)17/h2,4-5,9H,3,6H2,1H3,(H,16,17)/t9-/m1/s1. The number of alkyl halides is 2. The van der Waals surface area contributed by atoms with Crippen molar-refractivity contribution in [3.63, 3.8) is 0 Å². The van der Waals surface area contributed by atoms with Gasteiger partial charge in [-0.1, -0.05) is 0 Å². The minimum Gasteiger partial charge on any atom is -0.495 e. The molecular weight excluding hydrogens is 310 g/mol. The fourth-order valence-corrected chi connectivity index (χ4v) is 3.63. The fourth-order valence-electron chi connectivity index (χ4n) is 2.04. The Labute approximate surface area is 119 Å². The quantitative estimate of drug-likeness (QED) is 0.870. The van der Waals surface area contributed by atoms with Gasteiger partial charge >= 0.3 is 5.97 Å². The van der Waals surface area contributed by atoms with Gasteiger partial charge in [0.15, 0.2) is 0 Å². The van der Waals surface area contributed by atoms with Crippen LogP contribution in [0.3, 0.4) is 0 Å². The van der Waals surface area contributed by atoms with E-state index in [1.807, 2.05) is 0 Å². The molecule has 0 amide bonds. The molecule has 0 aromatic carbocycles. The Morgan fingerprint density at radius 1 is 1.52 bits per heavy atom. The zero-order valence-corrected chi connectivity index (χ0v) is 11.7. The van der Waals surface area contributed by atoms with E-state index in [2.05, 4.69) is 4.98 Å². The number of ether oxygens (including phenoxy) is 1. The van der Waals surface area contributed by atoms with Crippen LogP contribution in [0.1, 0.15) is 6.42 Å². The van der Waals surface area contributed by atoms with Gasteiger partial charge in [0.25, 0.3) is 5.92 Å². The van der Waals surface area contributed by atoms with Crippen LogP contribution in [0, 0.1) is 0 Å². The van der Waals surface area contributed by atoms with Crippen LogP contribution in [0.4, 0.5) is 8.78 Å². The summed E-state index contributed by atoms with van der Waals surface area (Å²) in [7, 11) is -3.12. The van der Waals surface area contributed by atoms with E-state index in [9.17, 15) is 22.0 Å². The lowest BCUT2D eigenvalue weighted by molar-refractivity contribution is -0.141. The van der Waals surface area contributed by atoms with E-state index in [1.54, 1.807) is 0 Å². The maximum atomic E-state index is 13.4. The van der Waals surface area contributed by atoms with Gasteiger partial charge in [0.1, 0.15) is 16.7 Å². The molecule has 0 radical (unpaired) electrons. The molecule has 116 valence electrons. The normalized spacial score (nSPS) is 22.1. The highest BCUT2D eigenvalue weighted by atomic mass is 32.2. The lowest BCUT2D eigenvalue weighted by atomic mass is 10.2. The van der Waals surface area contributed by atoms with Crippen LogP contribution < -0.4 is 4.74 Å². The minimum atomic E-state index is -4.41. The molecule has 0 saturated carbocycles. The maximum Gasteiger partial charge on any atom is 0.322 e. The summed E-state index contributed by atoms with van der Waals surface area (Å²) in [5.41, 5.74) is 0. The van der Waals surface area contributed by atoms with Gasteiger partial charge in [0.05, 0.1) is 19.9 Å². The smallest absolute Gasteiger partial charge is 0.322 e. The van der Waals surface area contributed by atoms with Gasteiger partial charge in [-0.25, -0.2) is 17.2 Å². The summed E-state index contributed by atoms with van der Waals surface area (Å²) in [6, 6.07) is -0.714. The molecule has 0 spiro atoms. The van der Waals surface area contributed by atoms with E-state index in [0.717, 1.165) is 12.3 Å². The summed E-state index contributed by atoms with van der Waals surface area (Å²) in [4.78, 5) is 14.3. The molecule has 1 aliphatic heterocycles. The van der Waals surface area contributed by atoms with Crippen LogP contribution in [0.25, 0.3) is 0 Å². The second kappa shape index (κ2) is 5.19. The number of hydrogen-bond donors (Lipinski definition) is 1. The van der Waals surface area contributed by atoms with Crippen LogP contribution in [-0.4, -0.2) is 54.4 Å². The van der Waals surface area contributed by atoms with Crippen LogP contribution >= 0.6 is 0 Å². The van der Waals surface area contributed by atoms with Crippen molar-refractivity contribution in [3.05, 3.63) is 18.5 Å². The van der Waals surface area contributed by atoms with Crippen molar-refractivity contribution in [2.24, 2.45) is 0 Å². The first-order valence-electron chi connectivity index (χ1n) is 5.79. The topological polar surface area (TPSA) is 96.8 Å². The SMILES string of the molecule is COc1cncc(S(=O)(=O)N2CC(F)(F)C[C@@H]2C(=O)O)c1. The van der Waals surface area contributed by atoms with Gasteiger partial charge in [-0.05, 0) is 0 Å². The van der Waals surface area contributed by atoms with Crippen molar-refractivity contribution in [1.82, 2.24) is 9.29 Å². The molecule has 1 atom stereocenters. The molecule has 0 aliphatic carbocycles. The van der Waals surface area contributed by atoms with Crippen molar-refractivity contribution in [2.75, 3.05) is 13.7 Å². The van der Waals surface area contributed by atoms with Crippen molar-refractivity contribution in [1.29, 1.82) is 0 Å². The molecule has 1 fully saturated rings. The van der Waals surface area contributed by atoms with Crippen molar-refractivity contribution in [3.8, 4) is 5.75 Å². The molecule has 1 aliphatic rings. The molecule has 7 nitrogen and oxygen atoms in total. The molecule has 1 aromatic heterocycles. The number of halogens is 2. The average molecular weight is 322 g/mol. The number of aliphatic carboxylic acids is 1. The summed E-state index contributed by atoms with van der Waals surface area (Å²) in [6.45, 7) is -1.18. The first-order valence-corrected chi connectivity index (χ1v) is 7.23. The molecule has 21 heavy (non-hydrogen) atoms. The molecule has 2 rings (SSSR count). The molecular formula is C11H12F2N2O5S. The van der Waals surface area contributed by atoms with Gasteiger partial charge in [0.2, 0.25) is 10.0 Å². The van der Waals surface area contributed by atoms with Crippen LogP contribution in [-0.2, 0) is 14.8 Å². The minimum absolute atomic E-state index is 0.119. The number of carboxylic acid groups (broad SMARTS) is 1. The van der Waals surface area contributed by atoms with E-state index in [4.69, 9.17) is 9.84 Å². The van der Waals surface area contributed by atoms with Crippen LogP contribution in [0.15, 0.2) is 23.4 Å². The Morgan fingerprint density at radius 3 is 2.76 bits per heavy atom. The summed E-state index contributed by atoms with van der Waals surface area (Å²) < 4.78 is 56.6. The summed E-state index contributed by atoms with van der Waals surface area (Å²) in [5, 5.41) is 8.95. The number of carbonyl (C=O) groups is 1. The number of aromatic nitrogens is 1. The number of pyridine rings is 1. The second-order valence-electron chi connectivity index (χ2n) is 4.52. The average Bonchev–Trinajstić information content (AvgIpc) is 2.76. The van der Waals surface area contributed by atoms with Gasteiger partial charge < -0.3 is 9.84 Å². The van der Waals surface area contributed by atoms with Gasteiger partial charge in [-0.3, -0.25) is 9.78 Å². The second-order valence-corrected chi connectivity index (χ2v) is 6.42. The molecule has 1 saturated heterocycles. The van der Waals surface area contributed by atoms with E-state index >= 15 is 0 Å². The Balaban J connectivity index is 2.44. The summed E-state index contributed by atoms with van der Waals surface area (Å²) >= 11 is 0. The number of methoxy groups -OCH3 is 1. The largest absolute Gasteiger partial charge is 0.495 e. The number of sulfonamides is 1. The van der Waals surface area contributed by atoms with Crippen molar-refractivity contribution < 1.29 is 31.8 Å². The lowest BCUT2D eigenvalue weighted by Crippen LogP contribution is -2.40. The first kappa shape index (κ1) is 15.6. The highest BCUT2D eigenvalue weighted by Crippen LogP contribution is 2.36. The Hall–Kier alpha value is -1.81. The Morgan fingerprint density at radius 2 is 2.19 bits per heavy atom. The Bertz CT molecular complexity index is 664. The fraction of sp³-hybridized carbons (Fsp3) is 0.455. The van der Waals surface area contributed by atoms with Crippen LogP contribution in [0.2, 0.25) is 0 Å². The highest BCUT2D eigenvalue weighted by Gasteiger charge is 2.53. The summed E-state index contributed by atoms with van der Waals surface area (Å²) in [5.74, 6) is -4.89. The van der Waals surface area contributed by atoms with Crippen molar-refractivity contribution in [2.45, 2.75) is 23.3 Å². The molecule has 10 heteroatoms. The number of carboxylic acids is 1. The third-order valence-electron chi connectivity index (χ3n) is 3.04. The third kappa shape index (κ3) is 2.95. The van der Waals surface area contributed by atoms with E-state index < -0.39 is 45.8 Å². The lowest BCUT2D eigenvalue weighted by Gasteiger charge is -2.20. The molecule has 2 heterocycles. The third-order valence-corrected chi connectivity index (χ3v) is 4.86. The predicted octanol–water partition coefficient (Wildman–Crippen LogP) is 0.573. The zero-order chi connectivity index (χ0) is 15.8. The molecule has 0 unspecified atom stereocenters. The molecule has 0 bridgehead atoms. The monoisotopic (exact) mass is 322 g/mol. The Kier molecular flexibility index (Phi) is 3.85. The maximum absolute atomic E-state index is 13.4. The molecule has 1 aromatic rings. The zero-order valence-electron chi connectivity index (χ0n) is 10.9. The number of hydrogen-bond acceptors (Lipinski definition) is 5. The van der Waals surface area contributed by atoms with Crippen LogP contribution in [0.5, 0.6) is 5.75 Å². The van der Waals surface area contributed by atoms with E-state index in [-0.39, 0.29) is 10.1 Å². The van der Waals surface area contributed by atoms with Crippen molar-refractivity contribution >= 4 is 16.0 Å². The highest BCUT2D eigenvalue weighted by molar-refractivity contribution is 7.89. The number of rotatable bonds is 4. The molecule has 1 N–H and O–H groups in total. The predicted molar refractivity (Wildman–Crippen MR) is 65.7 cm³/mol. The summed E-state index contributed by atoms with van der Waals surface area (Å²) in [6.07, 6.45) is 1.14. The van der Waals surface area contributed by atoms with E-state index in [0.29, 0.717) is 0 Å².